The van der Waals surface area contributed by atoms with Crippen molar-refractivity contribution in [3.05, 3.63) is 29.7 Å². The normalized spacial score (nSPS) is 13.5. The van der Waals surface area contributed by atoms with Gasteiger partial charge in [-0.25, -0.2) is 4.98 Å². The molecule has 0 radical (unpaired) electrons. The molecule has 0 bridgehead atoms. The smallest absolute Gasteiger partial charge is 0.198 e. The third kappa shape index (κ3) is 2.48. The van der Waals surface area contributed by atoms with Crippen LogP contribution in [0.3, 0.4) is 0 Å². The fourth-order valence-corrected chi connectivity index (χ4v) is 1.73. The van der Waals surface area contributed by atoms with Crippen molar-refractivity contribution in [3.63, 3.8) is 0 Å². The average molecular weight is 234 g/mol. The van der Waals surface area contributed by atoms with Gasteiger partial charge >= 0.3 is 0 Å². The van der Waals surface area contributed by atoms with Crippen LogP contribution in [-0.2, 0) is 0 Å². The van der Waals surface area contributed by atoms with Gasteiger partial charge in [0.2, 0.25) is 0 Å². The minimum Gasteiger partial charge on any atom is -0.440 e. The predicted octanol–water partition coefficient (Wildman–Crippen LogP) is 2.20. The molecule has 1 heterocycles. The van der Waals surface area contributed by atoms with Gasteiger partial charge in [0.1, 0.15) is 5.52 Å². The summed E-state index contributed by atoms with van der Waals surface area (Å²) < 4.78 is 5.62. The summed E-state index contributed by atoms with van der Waals surface area (Å²) in [6, 6.07) is 5.62. The first kappa shape index (κ1) is 12.1. The number of oxazole rings is 1. The van der Waals surface area contributed by atoms with E-state index in [1.807, 2.05) is 39.1 Å². The number of nitrogens with zero attached hydrogens (tertiary/aromatic N) is 1. The molecular formula is C13H18N2O2. The highest BCUT2D eigenvalue weighted by Crippen LogP contribution is 2.24. The number of hydrogen-bond donors (Lipinski definition) is 2. The van der Waals surface area contributed by atoms with Crippen molar-refractivity contribution in [2.75, 3.05) is 13.6 Å². The maximum atomic E-state index is 9.88. The van der Waals surface area contributed by atoms with E-state index in [1.165, 1.54) is 0 Å². The van der Waals surface area contributed by atoms with E-state index in [4.69, 9.17) is 4.42 Å². The number of aliphatic hydroxyl groups is 1. The summed E-state index contributed by atoms with van der Waals surface area (Å²) >= 11 is 0. The Morgan fingerprint density at radius 1 is 1.41 bits per heavy atom. The maximum Gasteiger partial charge on any atom is 0.198 e. The molecule has 0 aliphatic rings. The molecule has 4 heteroatoms. The largest absolute Gasteiger partial charge is 0.440 e. The Bertz CT molecular complexity index is 505. The molecule has 1 unspecified atom stereocenters. The molecule has 0 fully saturated rings. The van der Waals surface area contributed by atoms with Gasteiger partial charge in [-0.1, -0.05) is 19.9 Å². The molecule has 92 valence electrons. The van der Waals surface area contributed by atoms with Gasteiger partial charge in [0.25, 0.3) is 0 Å². The molecule has 2 N–H and O–H groups in total. The zero-order valence-corrected chi connectivity index (χ0v) is 10.4. The molecule has 0 spiro atoms. The van der Waals surface area contributed by atoms with Crippen LogP contribution in [-0.4, -0.2) is 23.7 Å². The van der Waals surface area contributed by atoms with Crippen LogP contribution in [0, 0.1) is 0 Å². The lowest BCUT2D eigenvalue weighted by Crippen LogP contribution is -2.16. The highest BCUT2D eigenvalue weighted by molar-refractivity contribution is 5.73. The van der Waals surface area contributed by atoms with Crippen molar-refractivity contribution < 1.29 is 9.52 Å². The molecule has 0 aliphatic heterocycles. The lowest BCUT2D eigenvalue weighted by molar-refractivity contribution is 0.178. The Balaban J connectivity index is 2.36. The van der Waals surface area contributed by atoms with E-state index in [-0.39, 0.29) is 5.92 Å². The summed E-state index contributed by atoms with van der Waals surface area (Å²) in [5, 5.41) is 12.8. The summed E-state index contributed by atoms with van der Waals surface area (Å²) in [5.41, 5.74) is 2.44. The van der Waals surface area contributed by atoms with Gasteiger partial charge in [-0.05, 0) is 24.7 Å². The Morgan fingerprint density at radius 3 is 2.82 bits per heavy atom. The highest BCUT2D eigenvalue weighted by atomic mass is 16.3. The summed E-state index contributed by atoms with van der Waals surface area (Å²) in [5.74, 6) is 1.01. The number of rotatable bonds is 4. The van der Waals surface area contributed by atoms with Gasteiger partial charge in [-0.15, -0.1) is 0 Å². The summed E-state index contributed by atoms with van der Waals surface area (Å²) in [6.07, 6.45) is -0.511. The number of nitrogens with one attached hydrogen (secondary N) is 1. The van der Waals surface area contributed by atoms with E-state index in [2.05, 4.69) is 10.3 Å². The molecule has 2 rings (SSSR count). The number of hydrogen-bond acceptors (Lipinski definition) is 4. The summed E-state index contributed by atoms with van der Waals surface area (Å²) in [6.45, 7) is 4.61. The first-order valence-electron chi connectivity index (χ1n) is 5.85. The molecule has 1 aromatic carbocycles. The fraction of sp³-hybridized carbons (Fsp3) is 0.462. The lowest BCUT2D eigenvalue weighted by Gasteiger charge is -2.09. The van der Waals surface area contributed by atoms with Crippen LogP contribution in [0.25, 0.3) is 11.1 Å². The van der Waals surface area contributed by atoms with E-state index >= 15 is 0 Å². The van der Waals surface area contributed by atoms with Gasteiger partial charge in [-0.3, -0.25) is 0 Å². The Hall–Kier alpha value is -1.39. The highest BCUT2D eigenvalue weighted by Gasteiger charge is 2.12. The Labute approximate surface area is 101 Å². The van der Waals surface area contributed by atoms with Crippen molar-refractivity contribution in [1.82, 2.24) is 10.3 Å². The van der Waals surface area contributed by atoms with Crippen molar-refractivity contribution in [2.45, 2.75) is 25.9 Å². The maximum absolute atomic E-state index is 9.88. The Morgan fingerprint density at radius 2 is 2.18 bits per heavy atom. The van der Waals surface area contributed by atoms with Crippen LogP contribution in [0.1, 0.15) is 37.3 Å². The number of likely N-dealkylation sites (N-methyl/N-ethyl adjacent to an activating group) is 1. The van der Waals surface area contributed by atoms with Gasteiger partial charge in [0.15, 0.2) is 11.5 Å². The van der Waals surface area contributed by atoms with Gasteiger partial charge in [0.05, 0.1) is 6.10 Å². The van der Waals surface area contributed by atoms with E-state index in [1.54, 1.807) is 0 Å². The molecule has 0 saturated carbocycles. The van der Waals surface area contributed by atoms with Gasteiger partial charge in [0, 0.05) is 12.5 Å². The molecule has 1 aromatic heterocycles. The first-order valence-corrected chi connectivity index (χ1v) is 5.85. The minimum atomic E-state index is -0.511. The van der Waals surface area contributed by atoms with Crippen LogP contribution in [0.2, 0.25) is 0 Å². The minimum absolute atomic E-state index is 0.271. The number of benzene rings is 1. The molecular weight excluding hydrogens is 216 g/mol. The van der Waals surface area contributed by atoms with E-state index < -0.39 is 6.10 Å². The van der Waals surface area contributed by atoms with Crippen LogP contribution in [0.4, 0.5) is 0 Å². The summed E-state index contributed by atoms with van der Waals surface area (Å²) in [4.78, 5) is 4.42. The molecule has 4 nitrogen and oxygen atoms in total. The van der Waals surface area contributed by atoms with Crippen LogP contribution in [0.5, 0.6) is 0 Å². The standard InChI is InChI=1S/C13H18N2O2/c1-8(2)13-15-10-6-9(11(16)7-14-3)4-5-12(10)17-13/h4-6,8,11,14,16H,7H2,1-3H3. The van der Waals surface area contributed by atoms with Crippen molar-refractivity contribution in [2.24, 2.45) is 0 Å². The lowest BCUT2D eigenvalue weighted by atomic mass is 10.1. The molecule has 2 aromatic rings. The number of aromatic nitrogens is 1. The third-order valence-corrected chi connectivity index (χ3v) is 2.70. The summed E-state index contributed by atoms with van der Waals surface area (Å²) in [7, 11) is 1.81. The SMILES string of the molecule is CNCC(O)c1ccc2oc(C(C)C)nc2c1. The van der Waals surface area contributed by atoms with Gasteiger partial charge in [-0.2, -0.15) is 0 Å². The number of fused-ring (bicyclic) bond motifs is 1. The fourth-order valence-electron chi connectivity index (χ4n) is 1.73. The second-order valence-corrected chi connectivity index (χ2v) is 4.51. The zero-order valence-electron chi connectivity index (χ0n) is 10.4. The van der Waals surface area contributed by atoms with E-state index in [0.29, 0.717) is 6.54 Å². The topological polar surface area (TPSA) is 58.3 Å². The van der Waals surface area contributed by atoms with Gasteiger partial charge < -0.3 is 14.8 Å². The number of aliphatic hydroxyl groups excluding tert-OH is 1. The van der Waals surface area contributed by atoms with Crippen molar-refractivity contribution in [1.29, 1.82) is 0 Å². The molecule has 0 amide bonds. The Kier molecular flexibility index (Phi) is 3.45. The molecule has 17 heavy (non-hydrogen) atoms. The first-order chi connectivity index (χ1) is 8.11. The second-order valence-electron chi connectivity index (χ2n) is 4.51. The van der Waals surface area contributed by atoms with E-state index in [9.17, 15) is 5.11 Å². The predicted molar refractivity (Wildman–Crippen MR) is 67.0 cm³/mol. The van der Waals surface area contributed by atoms with Crippen molar-refractivity contribution >= 4 is 11.1 Å². The second kappa shape index (κ2) is 4.85. The molecule has 0 aliphatic carbocycles. The monoisotopic (exact) mass is 234 g/mol. The third-order valence-electron chi connectivity index (χ3n) is 2.70. The van der Waals surface area contributed by atoms with Crippen molar-refractivity contribution in [3.8, 4) is 0 Å². The van der Waals surface area contributed by atoms with Crippen LogP contribution < -0.4 is 5.32 Å². The molecule has 0 saturated heterocycles. The van der Waals surface area contributed by atoms with Crippen LogP contribution in [0.15, 0.2) is 22.6 Å². The van der Waals surface area contributed by atoms with Crippen LogP contribution >= 0.6 is 0 Å². The molecule has 1 atom stereocenters. The van der Waals surface area contributed by atoms with E-state index in [0.717, 1.165) is 22.6 Å². The zero-order chi connectivity index (χ0) is 12.4. The average Bonchev–Trinajstić information content (AvgIpc) is 2.71. The quantitative estimate of drug-likeness (QED) is 0.851.